The molecule has 0 saturated carbocycles. The molecule has 2 rings (SSSR count). The number of hydrogen-bond donors (Lipinski definition) is 0. The smallest absolute Gasteiger partial charge is 0.137 e. The van der Waals surface area contributed by atoms with E-state index in [2.05, 4.69) is 20.8 Å². The van der Waals surface area contributed by atoms with Gasteiger partial charge in [-0.05, 0) is 46.9 Å². The van der Waals surface area contributed by atoms with Crippen LogP contribution in [0.1, 0.15) is 24.8 Å². The van der Waals surface area contributed by atoms with Gasteiger partial charge in [-0.25, -0.2) is 4.39 Å². The van der Waals surface area contributed by atoms with Crippen molar-refractivity contribution in [1.29, 1.82) is 0 Å². The van der Waals surface area contributed by atoms with Crippen molar-refractivity contribution in [3.63, 3.8) is 0 Å². The molecule has 17 heavy (non-hydrogen) atoms. The first kappa shape index (κ1) is 12.7. The van der Waals surface area contributed by atoms with E-state index in [-0.39, 0.29) is 11.9 Å². The minimum absolute atomic E-state index is 0.0149. The third kappa shape index (κ3) is 2.93. The van der Waals surface area contributed by atoms with Crippen LogP contribution < -0.4 is 0 Å². The number of rotatable bonds is 3. The topological polar surface area (TPSA) is 20.3 Å². The zero-order chi connectivity index (χ0) is 12.3. The Morgan fingerprint density at radius 2 is 2.29 bits per heavy atom. The molecule has 0 amide bonds. The maximum Gasteiger partial charge on any atom is 0.137 e. The Kier molecular flexibility index (Phi) is 4.29. The standard InChI is InChI=1S/C13H15BrFNO/c14-13-10(4-3-6-12(13)15)8-16-7-2-1-5-11(16)9-17/h3-4,6,9,11H,1-2,5,7-8H2. The second-order valence-electron chi connectivity index (χ2n) is 4.38. The van der Waals surface area contributed by atoms with E-state index in [1.165, 1.54) is 6.07 Å². The SMILES string of the molecule is O=CC1CCCCN1Cc1cccc(F)c1Br. The fourth-order valence-electron chi connectivity index (χ4n) is 2.26. The molecule has 0 aliphatic carbocycles. The highest BCUT2D eigenvalue weighted by atomic mass is 79.9. The van der Waals surface area contributed by atoms with E-state index in [4.69, 9.17) is 0 Å². The van der Waals surface area contributed by atoms with Gasteiger partial charge in [-0.3, -0.25) is 4.90 Å². The van der Waals surface area contributed by atoms with Crippen LogP contribution in [0.3, 0.4) is 0 Å². The van der Waals surface area contributed by atoms with Gasteiger partial charge in [0.05, 0.1) is 10.5 Å². The van der Waals surface area contributed by atoms with Crippen LogP contribution in [0, 0.1) is 5.82 Å². The third-order valence-electron chi connectivity index (χ3n) is 3.23. The Hall–Kier alpha value is -0.740. The largest absolute Gasteiger partial charge is 0.302 e. The summed E-state index contributed by atoms with van der Waals surface area (Å²) in [6, 6.07) is 5.01. The molecule has 1 aliphatic heterocycles. The molecule has 1 unspecified atom stereocenters. The molecular weight excluding hydrogens is 285 g/mol. The van der Waals surface area contributed by atoms with Gasteiger partial charge in [0.15, 0.2) is 0 Å². The average Bonchev–Trinajstić information content (AvgIpc) is 2.35. The lowest BCUT2D eigenvalue weighted by molar-refractivity contribution is -0.113. The van der Waals surface area contributed by atoms with Crippen molar-refractivity contribution in [2.45, 2.75) is 31.8 Å². The summed E-state index contributed by atoms with van der Waals surface area (Å²) < 4.78 is 13.9. The monoisotopic (exact) mass is 299 g/mol. The molecule has 1 aliphatic rings. The number of aldehydes is 1. The number of benzene rings is 1. The lowest BCUT2D eigenvalue weighted by atomic mass is 10.0. The summed E-state index contributed by atoms with van der Waals surface area (Å²) in [5, 5.41) is 0. The molecule has 0 spiro atoms. The van der Waals surface area contributed by atoms with E-state index >= 15 is 0 Å². The molecular formula is C13H15BrFNO. The van der Waals surface area contributed by atoms with Gasteiger partial charge in [0.25, 0.3) is 0 Å². The molecule has 0 N–H and O–H groups in total. The van der Waals surface area contributed by atoms with Gasteiger partial charge >= 0.3 is 0 Å². The van der Waals surface area contributed by atoms with Crippen LogP contribution in [0.15, 0.2) is 22.7 Å². The molecule has 1 saturated heterocycles. The van der Waals surface area contributed by atoms with E-state index in [1.54, 1.807) is 6.07 Å². The maximum absolute atomic E-state index is 13.4. The van der Waals surface area contributed by atoms with Crippen LogP contribution in [-0.4, -0.2) is 23.8 Å². The van der Waals surface area contributed by atoms with Gasteiger partial charge in [0.2, 0.25) is 0 Å². The first-order chi connectivity index (χ1) is 8.22. The second-order valence-corrected chi connectivity index (χ2v) is 5.18. The molecule has 1 heterocycles. The van der Waals surface area contributed by atoms with Gasteiger partial charge in [0.1, 0.15) is 12.1 Å². The fourth-order valence-corrected chi connectivity index (χ4v) is 2.65. The number of hydrogen-bond acceptors (Lipinski definition) is 2. The predicted octanol–water partition coefficient (Wildman–Crippen LogP) is 3.14. The van der Waals surface area contributed by atoms with Crippen LogP contribution in [0.2, 0.25) is 0 Å². The van der Waals surface area contributed by atoms with Crippen molar-refractivity contribution >= 4 is 22.2 Å². The molecule has 0 bridgehead atoms. The van der Waals surface area contributed by atoms with Crippen molar-refractivity contribution in [1.82, 2.24) is 4.90 Å². The van der Waals surface area contributed by atoms with Gasteiger partial charge in [-0.1, -0.05) is 18.6 Å². The number of piperidine rings is 1. The lowest BCUT2D eigenvalue weighted by Crippen LogP contribution is -2.39. The van der Waals surface area contributed by atoms with Crippen molar-refractivity contribution in [2.75, 3.05) is 6.54 Å². The van der Waals surface area contributed by atoms with Crippen molar-refractivity contribution in [2.24, 2.45) is 0 Å². The average molecular weight is 300 g/mol. The van der Waals surface area contributed by atoms with E-state index in [0.717, 1.165) is 37.7 Å². The number of carbonyl (C=O) groups excluding carboxylic acids is 1. The summed E-state index contributed by atoms with van der Waals surface area (Å²) in [6.07, 6.45) is 4.13. The second kappa shape index (κ2) is 5.74. The molecule has 92 valence electrons. The summed E-state index contributed by atoms with van der Waals surface area (Å²) in [5.74, 6) is -0.248. The summed E-state index contributed by atoms with van der Waals surface area (Å²) in [7, 11) is 0. The molecule has 1 fully saturated rings. The number of halogens is 2. The van der Waals surface area contributed by atoms with Crippen LogP contribution >= 0.6 is 15.9 Å². The summed E-state index contributed by atoms with van der Waals surface area (Å²) in [5.41, 5.74) is 0.902. The van der Waals surface area contributed by atoms with Crippen LogP contribution in [-0.2, 0) is 11.3 Å². The number of likely N-dealkylation sites (tertiary alicyclic amines) is 1. The minimum Gasteiger partial charge on any atom is -0.302 e. The molecule has 0 aromatic heterocycles. The fraction of sp³-hybridized carbons (Fsp3) is 0.462. The maximum atomic E-state index is 13.4. The van der Waals surface area contributed by atoms with Gasteiger partial charge in [-0.15, -0.1) is 0 Å². The first-order valence-electron chi connectivity index (χ1n) is 5.84. The highest BCUT2D eigenvalue weighted by Crippen LogP contribution is 2.24. The molecule has 1 aromatic rings. The van der Waals surface area contributed by atoms with E-state index < -0.39 is 0 Å². The van der Waals surface area contributed by atoms with E-state index in [1.807, 2.05) is 6.07 Å². The molecule has 1 atom stereocenters. The zero-order valence-electron chi connectivity index (χ0n) is 9.53. The summed E-state index contributed by atoms with van der Waals surface area (Å²) in [6.45, 7) is 1.54. The van der Waals surface area contributed by atoms with Gasteiger partial charge in [-0.2, -0.15) is 0 Å². The van der Waals surface area contributed by atoms with Gasteiger partial charge < -0.3 is 4.79 Å². The number of nitrogens with zero attached hydrogens (tertiary/aromatic N) is 1. The molecule has 1 aromatic carbocycles. The molecule has 2 nitrogen and oxygen atoms in total. The van der Waals surface area contributed by atoms with Crippen molar-refractivity contribution in [3.05, 3.63) is 34.1 Å². The lowest BCUT2D eigenvalue weighted by Gasteiger charge is -2.32. The molecule has 4 heteroatoms. The van der Waals surface area contributed by atoms with Gasteiger partial charge in [0, 0.05) is 6.54 Å². The Morgan fingerprint density at radius 3 is 3.06 bits per heavy atom. The number of carbonyl (C=O) groups is 1. The Labute approximate surface area is 109 Å². The summed E-state index contributed by atoms with van der Waals surface area (Å²) >= 11 is 3.26. The first-order valence-corrected chi connectivity index (χ1v) is 6.64. The summed E-state index contributed by atoms with van der Waals surface area (Å²) in [4.78, 5) is 13.1. The van der Waals surface area contributed by atoms with Crippen LogP contribution in [0.5, 0.6) is 0 Å². The predicted molar refractivity (Wildman–Crippen MR) is 68.2 cm³/mol. The zero-order valence-corrected chi connectivity index (χ0v) is 11.1. The molecule has 0 radical (unpaired) electrons. The minimum atomic E-state index is -0.248. The highest BCUT2D eigenvalue weighted by molar-refractivity contribution is 9.10. The normalized spacial score (nSPS) is 21.4. The third-order valence-corrected chi connectivity index (χ3v) is 4.11. The van der Waals surface area contributed by atoms with Crippen LogP contribution in [0.25, 0.3) is 0 Å². The van der Waals surface area contributed by atoms with E-state index in [9.17, 15) is 9.18 Å². The van der Waals surface area contributed by atoms with Crippen LogP contribution in [0.4, 0.5) is 4.39 Å². The Bertz CT molecular complexity index is 410. The Morgan fingerprint density at radius 1 is 1.47 bits per heavy atom. The van der Waals surface area contributed by atoms with Crippen molar-refractivity contribution < 1.29 is 9.18 Å². The highest BCUT2D eigenvalue weighted by Gasteiger charge is 2.22. The van der Waals surface area contributed by atoms with Crippen molar-refractivity contribution in [3.8, 4) is 0 Å². The van der Waals surface area contributed by atoms with E-state index in [0.29, 0.717) is 11.0 Å². The quantitative estimate of drug-likeness (QED) is 0.799. The Balaban J connectivity index is 2.13.